The van der Waals surface area contributed by atoms with Crippen molar-refractivity contribution in [3.8, 4) is 5.75 Å². The number of pyridine rings is 1. The fourth-order valence-electron chi connectivity index (χ4n) is 2.47. The third-order valence-electron chi connectivity index (χ3n) is 3.40. The van der Waals surface area contributed by atoms with E-state index >= 15 is 0 Å². The molecule has 1 aromatic heterocycles. The minimum atomic E-state index is -0.476. The molecule has 0 saturated heterocycles. The van der Waals surface area contributed by atoms with Gasteiger partial charge in [-0.2, -0.15) is 0 Å². The van der Waals surface area contributed by atoms with Crippen LogP contribution in [0.25, 0.3) is 0 Å². The summed E-state index contributed by atoms with van der Waals surface area (Å²) in [5, 5.41) is 10.3. The van der Waals surface area contributed by atoms with Crippen LogP contribution in [-0.2, 0) is 0 Å². The summed E-state index contributed by atoms with van der Waals surface area (Å²) in [5.74, 6) is 1.04. The number of hydrogen-bond donors (Lipinski definition) is 1. The van der Waals surface area contributed by atoms with Gasteiger partial charge in [0.15, 0.2) is 0 Å². The fraction of sp³-hybridized carbons (Fsp3) is 0.615. The predicted octanol–water partition coefficient (Wildman–Crippen LogP) is 2.70. The summed E-state index contributed by atoms with van der Waals surface area (Å²) >= 11 is 0. The van der Waals surface area contributed by atoms with Crippen LogP contribution in [0.1, 0.15) is 43.9 Å². The van der Waals surface area contributed by atoms with Crippen LogP contribution < -0.4 is 4.74 Å². The third-order valence-corrected chi connectivity index (χ3v) is 3.40. The fourth-order valence-corrected chi connectivity index (χ4v) is 2.47. The standard InChI is InChI=1S/C13H19NO2/c1-16-11-8-5-9-14-12(11)13(15)10-6-3-2-4-7-10/h5,8-10,13,15H,2-4,6-7H2,1H3. The largest absolute Gasteiger partial charge is 0.495 e. The molecule has 1 aliphatic carbocycles. The minimum Gasteiger partial charge on any atom is -0.495 e. The van der Waals surface area contributed by atoms with E-state index in [-0.39, 0.29) is 0 Å². The van der Waals surface area contributed by atoms with Gasteiger partial charge in [0, 0.05) is 6.20 Å². The van der Waals surface area contributed by atoms with Crippen molar-refractivity contribution >= 4 is 0 Å². The second-order valence-corrected chi connectivity index (χ2v) is 4.43. The summed E-state index contributed by atoms with van der Waals surface area (Å²) < 4.78 is 5.23. The third kappa shape index (κ3) is 2.35. The normalized spacial score (nSPS) is 19.4. The van der Waals surface area contributed by atoms with Crippen LogP contribution in [0.15, 0.2) is 18.3 Å². The van der Waals surface area contributed by atoms with Gasteiger partial charge in [-0.1, -0.05) is 19.3 Å². The SMILES string of the molecule is COc1cccnc1C(O)C1CCCCC1. The Labute approximate surface area is 96.5 Å². The Morgan fingerprint density at radius 3 is 2.81 bits per heavy atom. The quantitative estimate of drug-likeness (QED) is 0.853. The summed E-state index contributed by atoms with van der Waals surface area (Å²) in [6.45, 7) is 0. The van der Waals surface area contributed by atoms with E-state index in [0.29, 0.717) is 17.4 Å². The Bertz CT molecular complexity index is 334. The molecule has 16 heavy (non-hydrogen) atoms. The van der Waals surface area contributed by atoms with Crippen molar-refractivity contribution in [3.05, 3.63) is 24.0 Å². The number of aliphatic hydroxyl groups is 1. The molecule has 0 spiro atoms. The van der Waals surface area contributed by atoms with Crippen molar-refractivity contribution in [1.82, 2.24) is 4.98 Å². The maximum atomic E-state index is 10.3. The van der Waals surface area contributed by atoms with Gasteiger partial charge in [0.25, 0.3) is 0 Å². The van der Waals surface area contributed by atoms with Crippen LogP contribution in [-0.4, -0.2) is 17.2 Å². The van der Waals surface area contributed by atoms with E-state index < -0.39 is 6.10 Å². The molecule has 1 atom stereocenters. The molecule has 0 radical (unpaired) electrons. The zero-order valence-corrected chi connectivity index (χ0v) is 9.72. The topological polar surface area (TPSA) is 42.4 Å². The van der Waals surface area contributed by atoms with E-state index in [2.05, 4.69) is 4.98 Å². The molecule has 0 bridgehead atoms. The van der Waals surface area contributed by atoms with E-state index in [9.17, 15) is 5.11 Å². The van der Waals surface area contributed by atoms with Gasteiger partial charge >= 0.3 is 0 Å². The Morgan fingerprint density at radius 2 is 2.12 bits per heavy atom. The predicted molar refractivity (Wildman–Crippen MR) is 62.3 cm³/mol. The zero-order chi connectivity index (χ0) is 11.4. The number of aliphatic hydroxyl groups excluding tert-OH is 1. The monoisotopic (exact) mass is 221 g/mol. The lowest BCUT2D eigenvalue weighted by Gasteiger charge is -2.26. The Morgan fingerprint density at radius 1 is 1.38 bits per heavy atom. The molecule has 88 valence electrons. The van der Waals surface area contributed by atoms with Crippen molar-refractivity contribution in [2.24, 2.45) is 5.92 Å². The number of rotatable bonds is 3. The molecular formula is C13H19NO2. The maximum absolute atomic E-state index is 10.3. The lowest BCUT2D eigenvalue weighted by molar-refractivity contribution is 0.0786. The lowest BCUT2D eigenvalue weighted by atomic mass is 9.84. The first-order valence-corrected chi connectivity index (χ1v) is 6.00. The first-order valence-electron chi connectivity index (χ1n) is 6.00. The molecule has 0 amide bonds. The number of aromatic nitrogens is 1. The molecule has 1 N–H and O–H groups in total. The zero-order valence-electron chi connectivity index (χ0n) is 9.72. The smallest absolute Gasteiger partial charge is 0.143 e. The summed E-state index contributed by atoms with van der Waals surface area (Å²) in [6.07, 6.45) is 7.17. The molecule has 1 heterocycles. The highest BCUT2D eigenvalue weighted by Crippen LogP contribution is 2.36. The molecule has 1 fully saturated rings. The van der Waals surface area contributed by atoms with E-state index in [1.54, 1.807) is 13.3 Å². The van der Waals surface area contributed by atoms with E-state index in [1.165, 1.54) is 19.3 Å². The molecule has 1 aromatic rings. The molecule has 0 aliphatic heterocycles. The highest BCUT2D eigenvalue weighted by molar-refractivity contribution is 5.28. The number of ether oxygens (including phenoxy) is 1. The molecule has 1 aliphatic rings. The first-order chi connectivity index (χ1) is 7.83. The summed E-state index contributed by atoms with van der Waals surface area (Å²) in [7, 11) is 1.62. The minimum absolute atomic E-state index is 0.345. The number of hydrogen-bond acceptors (Lipinski definition) is 3. The van der Waals surface area contributed by atoms with E-state index in [0.717, 1.165) is 12.8 Å². The van der Waals surface area contributed by atoms with Crippen LogP contribution in [0.5, 0.6) is 5.75 Å². The van der Waals surface area contributed by atoms with Crippen molar-refractivity contribution in [2.75, 3.05) is 7.11 Å². The van der Waals surface area contributed by atoms with Crippen LogP contribution in [0.3, 0.4) is 0 Å². The summed E-state index contributed by atoms with van der Waals surface area (Å²) in [5.41, 5.74) is 0.692. The second-order valence-electron chi connectivity index (χ2n) is 4.43. The highest BCUT2D eigenvalue weighted by atomic mass is 16.5. The average Bonchev–Trinajstić information content (AvgIpc) is 2.39. The Hall–Kier alpha value is -1.09. The lowest BCUT2D eigenvalue weighted by Crippen LogP contribution is -2.17. The maximum Gasteiger partial charge on any atom is 0.143 e. The Balaban J connectivity index is 2.15. The van der Waals surface area contributed by atoms with Gasteiger partial charge < -0.3 is 9.84 Å². The highest BCUT2D eigenvalue weighted by Gasteiger charge is 2.26. The molecule has 2 rings (SSSR count). The van der Waals surface area contributed by atoms with Gasteiger partial charge in [-0.25, -0.2) is 0 Å². The molecule has 0 aromatic carbocycles. The van der Waals surface area contributed by atoms with E-state index in [1.807, 2.05) is 12.1 Å². The second kappa shape index (κ2) is 5.30. The van der Waals surface area contributed by atoms with Crippen LogP contribution >= 0.6 is 0 Å². The molecule has 1 unspecified atom stereocenters. The molecule has 1 saturated carbocycles. The van der Waals surface area contributed by atoms with Crippen LogP contribution in [0.2, 0.25) is 0 Å². The van der Waals surface area contributed by atoms with Crippen molar-refractivity contribution in [3.63, 3.8) is 0 Å². The summed E-state index contributed by atoms with van der Waals surface area (Å²) in [6, 6.07) is 3.68. The number of methoxy groups -OCH3 is 1. The van der Waals surface area contributed by atoms with Gasteiger partial charge in [-0.3, -0.25) is 4.98 Å². The molecular weight excluding hydrogens is 202 g/mol. The first kappa shape index (κ1) is 11.4. The van der Waals surface area contributed by atoms with Gasteiger partial charge in [-0.05, 0) is 30.9 Å². The van der Waals surface area contributed by atoms with Crippen LogP contribution in [0, 0.1) is 5.92 Å². The van der Waals surface area contributed by atoms with Crippen molar-refractivity contribution in [1.29, 1.82) is 0 Å². The van der Waals surface area contributed by atoms with Crippen molar-refractivity contribution in [2.45, 2.75) is 38.2 Å². The van der Waals surface area contributed by atoms with Gasteiger partial charge in [0.2, 0.25) is 0 Å². The average molecular weight is 221 g/mol. The number of nitrogens with zero attached hydrogens (tertiary/aromatic N) is 1. The Kier molecular flexibility index (Phi) is 3.78. The summed E-state index contributed by atoms with van der Waals surface area (Å²) in [4.78, 5) is 4.25. The van der Waals surface area contributed by atoms with Gasteiger partial charge in [-0.15, -0.1) is 0 Å². The molecule has 3 nitrogen and oxygen atoms in total. The van der Waals surface area contributed by atoms with Crippen molar-refractivity contribution < 1.29 is 9.84 Å². The van der Waals surface area contributed by atoms with E-state index in [4.69, 9.17) is 4.74 Å². The van der Waals surface area contributed by atoms with Gasteiger partial charge in [0.1, 0.15) is 17.5 Å². The molecule has 3 heteroatoms. The van der Waals surface area contributed by atoms with Crippen LogP contribution in [0.4, 0.5) is 0 Å². The van der Waals surface area contributed by atoms with Gasteiger partial charge in [0.05, 0.1) is 7.11 Å².